The lowest BCUT2D eigenvalue weighted by molar-refractivity contribution is -0.142. The highest BCUT2D eigenvalue weighted by atomic mass is 35.5. The SMILES string of the molecule is CC(C(=O)O)[C@@H]1CCNC1.Cl. The molecule has 3 nitrogen and oxygen atoms in total. The molecule has 1 unspecified atom stereocenters. The highest BCUT2D eigenvalue weighted by Crippen LogP contribution is 2.18. The van der Waals surface area contributed by atoms with Gasteiger partial charge in [0.25, 0.3) is 0 Å². The summed E-state index contributed by atoms with van der Waals surface area (Å²) >= 11 is 0. The first-order valence-corrected chi connectivity index (χ1v) is 3.65. The molecule has 0 saturated carbocycles. The second-order valence-electron chi connectivity index (χ2n) is 2.88. The van der Waals surface area contributed by atoms with E-state index in [1.165, 1.54) is 0 Å². The van der Waals surface area contributed by atoms with Crippen molar-refractivity contribution in [3.63, 3.8) is 0 Å². The molecule has 0 aliphatic carbocycles. The van der Waals surface area contributed by atoms with Crippen molar-refractivity contribution in [1.29, 1.82) is 0 Å². The van der Waals surface area contributed by atoms with Gasteiger partial charge in [0.15, 0.2) is 0 Å². The first-order valence-electron chi connectivity index (χ1n) is 3.65. The van der Waals surface area contributed by atoms with Gasteiger partial charge in [0.2, 0.25) is 0 Å². The van der Waals surface area contributed by atoms with Crippen LogP contribution in [0.3, 0.4) is 0 Å². The van der Waals surface area contributed by atoms with Crippen LogP contribution in [0.4, 0.5) is 0 Å². The van der Waals surface area contributed by atoms with Crippen LogP contribution >= 0.6 is 12.4 Å². The number of carbonyl (C=O) groups is 1. The Hall–Kier alpha value is -0.280. The molecule has 1 rings (SSSR count). The number of carboxylic acids is 1. The van der Waals surface area contributed by atoms with E-state index < -0.39 is 5.97 Å². The third kappa shape index (κ3) is 2.67. The number of hydrogen-bond acceptors (Lipinski definition) is 2. The summed E-state index contributed by atoms with van der Waals surface area (Å²) in [6, 6.07) is 0. The average molecular weight is 180 g/mol. The number of aliphatic carboxylic acids is 1. The third-order valence-corrected chi connectivity index (χ3v) is 2.20. The molecule has 11 heavy (non-hydrogen) atoms. The Morgan fingerprint density at radius 2 is 2.36 bits per heavy atom. The molecule has 0 aromatic heterocycles. The van der Waals surface area contributed by atoms with Gasteiger partial charge in [0.1, 0.15) is 0 Å². The van der Waals surface area contributed by atoms with Crippen LogP contribution in [0.5, 0.6) is 0 Å². The summed E-state index contributed by atoms with van der Waals surface area (Å²) in [5.41, 5.74) is 0. The van der Waals surface area contributed by atoms with Gasteiger partial charge in [-0.2, -0.15) is 0 Å². The summed E-state index contributed by atoms with van der Waals surface area (Å²) in [5.74, 6) is -0.513. The van der Waals surface area contributed by atoms with Crippen LogP contribution in [-0.4, -0.2) is 24.2 Å². The van der Waals surface area contributed by atoms with Gasteiger partial charge in [0.05, 0.1) is 5.92 Å². The number of carboxylic acid groups (broad SMARTS) is 1. The van der Waals surface area contributed by atoms with Crippen LogP contribution in [0.15, 0.2) is 0 Å². The molecule has 1 aliphatic heterocycles. The van der Waals surface area contributed by atoms with E-state index in [1.807, 2.05) is 0 Å². The van der Waals surface area contributed by atoms with E-state index in [0.29, 0.717) is 5.92 Å². The summed E-state index contributed by atoms with van der Waals surface area (Å²) in [5, 5.41) is 11.8. The van der Waals surface area contributed by atoms with Gasteiger partial charge in [-0.3, -0.25) is 4.79 Å². The van der Waals surface area contributed by atoms with Gasteiger partial charge < -0.3 is 10.4 Å². The smallest absolute Gasteiger partial charge is 0.306 e. The zero-order valence-corrected chi connectivity index (χ0v) is 7.36. The molecule has 1 saturated heterocycles. The summed E-state index contributed by atoms with van der Waals surface area (Å²) in [4.78, 5) is 10.5. The van der Waals surface area contributed by atoms with E-state index in [4.69, 9.17) is 5.11 Å². The number of rotatable bonds is 2. The fraction of sp³-hybridized carbons (Fsp3) is 0.857. The Kier molecular flexibility index (Phi) is 4.45. The molecular formula is C7H14ClNO2. The third-order valence-electron chi connectivity index (χ3n) is 2.20. The maximum Gasteiger partial charge on any atom is 0.306 e. The van der Waals surface area contributed by atoms with Crippen LogP contribution in [0.25, 0.3) is 0 Å². The van der Waals surface area contributed by atoms with E-state index in [2.05, 4.69) is 5.32 Å². The Morgan fingerprint density at radius 1 is 1.73 bits per heavy atom. The van der Waals surface area contributed by atoms with Crippen LogP contribution < -0.4 is 5.32 Å². The van der Waals surface area contributed by atoms with E-state index in [0.717, 1.165) is 19.5 Å². The Balaban J connectivity index is 0.000001000. The molecule has 4 heteroatoms. The molecule has 1 fully saturated rings. The molecule has 1 aliphatic rings. The normalized spacial score (nSPS) is 25.7. The van der Waals surface area contributed by atoms with Crippen LogP contribution in [0, 0.1) is 11.8 Å². The van der Waals surface area contributed by atoms with Gasteiger partial charge in [-0.15, -0.1) is 12.4 Å². The van der Waals surface area contributed by atoms with Gasteiger partial charge in [-0.1, -0.05) is 6.92 Å². The second kappa shape index (κ2) is 4.57. The lowest BCUT2D eigenvalue weighted by Gasteiger charge is -2.11. The van der Waals surface area contributed by atoms with Gasteiger partial charge >= 0.3 is 5.97 Å². The number of halogens is 1. The number of hydrogen-bond donors (Lipinski definition) is 2. The minimum atomic E-state index is -0.672. The topological polar surface area (TPSA) is 49.3 Å². The molecular weight excluding hydrogens is 166 g/mol. The number of nitrogens with one attached hydrogen (secondary N) is 1. The predicted molar refractivity (Wildman–Crippen MR) is 45.0 cm³/mol. The van der Waals surface area contributed by atoms with Gasteiger partial charge in [-0.05, 0) is 25.4 Å². The standard InChI is InChI=1S/C7H13NO2.ClH/c1-5(7(9)10)6-2-3-8-4-6;/h5-6,8H,2-4H2,1H3,(H,9,10);1H/t5?,6-;/m1./s1. The maximum absolute atomic E-state index is 10.5. The minimum Gasteiger partial charge on any atom is -0.481 e. The Morgan fingerprint density at radius 3 is 2.73 bits per heavy atom. The van der Waals surface area contributed by atoms with E-state index in [1.54, 1.807) is 6.92 Å². The summed E-state index contributed by atoms with van der Waals surface area (Å²) in [6.07, 6.45) is 1.01. The van der Waals surface area contributed by atoms with Crippen molar-refractivity contribution in [1.82, 2.24) is 5.32 Å². The van der Waals surface area contributed by atoms with Crippen molar-refractivity contribution in [3.05, 3.63) is 0 Å². The molecule has 1 heterocycles. The van der Waals surface area contributed by atoms with Crippen molar-refractivity contribution >= 4 is 18.4 Å². The predicted octanol–water partition coefficient (Wildman–Crippen LogP) is 0.738. The summed E-state index contributed by atoms with van der Waals surface area (Å²) in [6.45, 7) is 3.62. The first kappa shape index (κ1) is 10.7. The highest BCUT2D eigenvalue weighted by Gasteiger charge is 2.25. The fourth-order valence-electron chi connectivity index (χ4n) is 1.31. The quantitative estimate of drug-likeness (QED) is 0.658. The fourth-order valence-corrected chi connectivity index (χ4v) is 1.31. The molecule has 2 atom stereocenters. The van der Waals surface area contributed by atoms with Crippen LogP contribution in [0.2, 0.25) is 0 Å². The molecule has 0 amide bonds. The van der Waals surface area contributed by atoms with Crippen molar-refractivity contribution in [3.8, 4) is 0 Å². The van der Waals surface area contributed by atoms with Gasteiger partial charge in [-0.25, -0.2) is 0 Å². The van der Waals surface area contributed by atoms with E-state index in [9.17, 15) is 4.79 Å². The Labute approximate surface area is 72.6 Å². The lowest BCUT2D eigenvalue weighted by atomic mass is 9.94. The minimum absolute atomic E-state index is 0. The monoisotopic (exact) mass is 179 g/mol. The van der Waals surface area contributed by atoms with Crippen LogP contribution in [0.1, 0.15) is 13.3 Å². The van der Waals surface area contributed by atoms with Crippen molar-refractivity contribution in [2.45, 2.75) is 13.3 Å². The van der Waals surface area contributed by atoms with Crippen LogP contribution in [-0.2, 0) is 4.79 Å². The summed E-state index contributed by atoms with van der Waals surface area (Å²) < 4.78 is 0. The lowest BCUT2D eigenvalue weighted by Crippen LogP contribution is -2.22. The molecule has 0 spiro atoms. The van der Waals surface area contributed by atoms with Crippen molar-refractivity contribution in [2.24, 2.45) is 11.8 Å². The van der Waals surface area contributed by atoms with E-state index in [-0.39, 0.29) is 18.3 Å². The molecule has 66 valence electrons. The largest absolute Gasteiger partial charge is 0.481 e. The molecule has 2 N–H and O–H groups in total. The van der Waals surface area contributed by atoms with Crippen molar-refractivity contribution < 1.29 is 9.90 Å². The average Bonchev–Trinajstić information content (AvgIpc) is 2.36. The zero-order valence-electron chi connectivity index (χ0n) is 6.54. The molecule has 0 radical (unpaired) electrons. The molecule has 0 aromatic rings. The Bertz CT molecular complexity index is 134. The molecule has 0 aromatic carbocycles. The van der Waals surface area contributed by atoms with Gasteiger partial charge in [0, 0.05) is 0 Å². The van der Waals surface area contributed by atoms with E-state index >= 15 is 0 Å². The molecule has 0 bridgehead atoms. The van der Waals surface area contributed by atoms with Crippen molar-refractivity contribution in [2.75, 3.05) is 13.1 Å². The first-order chi connectivity index (χ1) is 4.72. The summed E-state index contributed by atoms with van der Waals surface area (Å²) in [7, 11) is 0. The highest BCUT2D eigenvalue weighted by molar-refractivity contribution is 5.85. The maximum atomic E-state index is 10.5. The second-order valence-corrected chi connectivity index (χ2v) is 2.88. The zero-order chi connectivity index (χ0) is 7.56.